The molecule has 1 N–H and O–H groups in total. The molecule has 0 saturated carbocycles. The summed E-state index contributed by atoms with van der Waals surface area (Å²) in [6.45, 7) is 4.94. The molecular formula is C27H35ClN2O5S. The fraction of sp³-hybridized carbons (Fsp3) is 0.519. The minimum atomic E-state index is -3.72. The lowest BCUT2D eigenvalue weighted by molar-refractivity contribution is -0.141. The van der Waals surface area contributed by atoms with Crippen LogP contribution in [0, 0.1) is 13.8 Å². The van der Waals surface area contributed by atoms with Gasteiger partial charge in [-0.05, 0) is 68.4 Å². The molecule has 1 atom stereocenters. The number of sulfonamides is 1. The first-order chi connectivity index (χ1) is 17.1. The Labute approximate surface area is 219 Å². The number of carbonyl (C=O) groups excluding carboxylic acids is 1. The number of piperidine rings is 2. The lowest BCUT2D eigenvalue weighted by Crippen LogP contribution is -2.48. The van der Waals surface area contributed by atoms with Crippen LogP contribution < -0.4 is 0 Å². The molecule has 1 unspecified atom stereocenters. The Morgan fingerprint density at radius 3 is 2.47 bits per heavy atom. The van der Waals surface area contributed by atoms with E-state index in [-0.39, 0.29) is 30.1 Å². The maximum Gasteiger partial charge on any atom is 0.248 e. The van der Waals surface area contributed by atoms with Crippen molar-refractivity contribution in [3.05, 3.63) is 64.2 Å². The van der Waals surface area contributed by atoms with Gasteiger partial charge in [0.25, 0.3) is 0 Å². The van der Waals surface area contributed by atoms with E-state index in [1.807, 2.05) is 30.3 Å². The molecular weight excluding hydrogens is 500 g/mol. The van der Waals surface area contributed by atoms with Crippen molar-refractivity contribution in [3.63, 3.8) is 0 Å². The predicted octanol–water partition coefficient (Wildman–Crippen LogP) is 4.03. The van der Waals surface area contributed by atoms with Crippen LogP contribution >= 0.6 is 11.6 Å². The van der Waals surface area contributed by atoms with Crippen molar-refractivity contribution < 1.29 is 23.1 Å². The van der Waals surface area contributed by atoms with Crippen molar-refractivity contribution >= 4 is 27.5 Å². The van der Waals surface area contributed by atoms with Crippen LogP contribution in [0.15, 0.2) is 47.4 Å². The van der Waals surface area contributed by atoms with E-state index in [1.54, 1.807) is 30.9 Å². The van der Waals surface area contributed by atoms with E-state index in [0.717, 1.165) is 24.0 Å². The van der Waals surface area contributed by atoms with Gasteiger partial charge < -0.3 is 14.7 Å². The van der Waals surface area contributed by atoms with Crippen molar-refractivity contribution in [2.45, 2.75) is 62.5 Å². The highest BCUT2D eigenvalue weighted by atomic mass is 35.5. The number of likely N-dealkylation sites (tertiary alicyclic amines) is 1. The number of rotatable bonds is 7. The molecule has 2 heterocycles. The van der Waals surface area contributed by atoms with Gasteiger partial charge >= 0.3 is 0 Å². The smallest absolute Gasteiger partial charge is 0.248 e. The van der Waals surface area contributed by atoms with Gasteiger partial charge in [-0.2, -0.15) is 4.31 Å². The Morgan fingerprint density at radius 2 is 1.78 bits per heavy atom. The summed E-state index contributed by atoms with van der Waals surface area (Å²) in [5, 5.41) is 11.5. The molecule has 2 aliphatic heterocycles. The molecule has 2 fully saturated rings. The Bertz CT molecular complexity index is 1180. The Kier molecular flexibility index (Phi) is 8.42. The SMILES string of the molecule is Cc1cc(S(=O)(=O)N2CCCCC2COCC(=O)N2CCC(O)(c3ccccc3)CC2)c(C)cc1Cl. The topological polar surface area (TPSA) is 87.2 Å². The summed E-state index contributed by atoms with van der Waals surface area (Å²) in [7, 11) is -3.72. The summed E-state index contributed by atoms with van der Waals surface area (Å²) in [6.07, 6.45) is 3.33. The summed E-state index contributed by atoms with van der Waals surface area (Å²) >= 11 is 6.18. The molecule has 36 heavy (non-hydrogen) atoms. The first kappa shape index (κ1) is 27.1. The minimum absolute atomic E-state index is 0.104. The average molecular weight is 535 g/mol. The lowest BCUT2D eigenvalue weighted by Gasteiger charge is -2.38. The molecule has 0 bridgehead atoms. The maximum absolute atomic E-state index is 13.5. The van der Waals surface area contributed by atoms with E-state index in [1.165, 1.54) is 4.31 Å². The van der Waals surface area contributed by atoms with Gasteiger partial charge in [-0.25, -0.2) is 8.42 Å². The number of nitrogens with zero attached hydrogens (tertiary/aromatic N) is 2. The van der Waals surface area contributed by atoms with Gasteiger partial charge in [-0.15, -0.1) is 0 Å². The molecule has 0 aliphatic carbocycles. The largest absolute Gasteiger partial charge is 0.385 e. The van der Waals surface area contributed by atoms with Gasteiger partial charge in [-0.1, -0.05) is 48.4 Å². The van der Waals surface area contributed by atoms with E-state index in [2.05, 4.69) is 0 Å². The third kappa shape index (κ3) is 5.78. The van der Waals surface area contributed by atoms with Crippen molar-refractivity contribution in [3.8, 4) is 0 Å². The highest BCUT2D eigenvalue weighted by Gasteiger charge is 2.37. The summed E-state index contributed by atoms with van der Waals surface area (Å²) < 4.78 is 34.4. The van der Waals surface area contributed by atoms with Gasteiger partial charge in [0.1, 0.15) is 6.61 Å². The van der Waals surface area contributed by atoms with Gasteiger partial charge in [-0.3, -0.25) is 4.79 Å². The van der Waals surface area contributed by atoms with Crippen LogP contribution in [0.25, 0.3) is 0 Å². The number of halogens is 1. The molecule has 2 aromatic rings. The van der Waals surface area contributed by atoms with Crippen LogP contribution in [0.4, 0.5) is 0 Å². The molecule has 0 spiro atoms. The zero-order chi connectivity index (χ0) is 25.9. The number of ether oxygens (including phenoxy) is 1. The Balaban J connectivity index is 1.34. The monoisotopic (exact) mass is 534 g/mol. The van der Waals surface area contributed by atoms with Crippen LogP contribution in [-0.2, 0) is 25.2 Å². The third-order valence-electron chi connectivity index (χ3n) is 7.41. The lowest BCUT2D eigenvalue weighted by atomic mass is 9.84. The molecule has 0 radical (unpaired) electrons. The second-order valence-corrected chi connectivity index (χ2v) is 12.2. The number of amides is 1. The van der Waals surface area contributed by atoms with Crippen LogP contribution in [0.1, 0.15) is 48.8 Å². The van der Waals surface area contributed by atoms with Crippen molar-refractivity contribution in [2.24, 2.45) is 0 Å². The second-order valence-electron chi connectivity index (χ2n) is 9.93. The van der Waals surface area contributed by atoms with E-state index in [0.29, 0.717) is 49.5 Å². The van der Waals surface area contributed by atoms with E-state index < -0.39 is 15.6 Å². The first-order valence-corrected chi connectivity index (χ1v) is 14.4. The van der Waals surface area contributed by atoms with Crippen LogP contribution in [0.5, 0.6) is 0 Å². The van der Waals surface area contributed by atoms with Crippen LogP contribution in [0.2, 0.25) is 5.02 Å². The number of benzene rings is 2. The Morgan fingerprint density at radius 1 is 1.08 bits per heavy atom. The van der Waals surface area contributed by atoms with Gasteiger partial charge in [0, 0.05) is 30.7 Å². The third-order valence-corrected chi connectivity index (χ3v) is 9.91. The van der Waals surface area contributed by atoms with Gasteiger partial charge in [0.05, 0.1) is 17.1 Å². The highest BCUT2D eigenvalue weighted by Crippen LogP contribution is 2.33. The van der Waals surface area contributed by atoms with Gasteiger partial charge in [0.15, 0.2) is 0 Å². The molecule has 7 nitrogen and oxygen atoms in total. The summed E-state index contributed by atoms with van der Waals surface area (Å²) in [4.78, 5) is 14.8. The van der Waals surface area contributed by atoms with Gasteiger partial charge in [0.2, 0.25) is 15.9 Å². The molecule has 4 rings (SSSR count). The molecule has 9 heteroatoms. The standard InChI is InChI=1S/C27H35ClN2O5S/c1-20-17-25(21(2)16-24(20)28)36(33,34)30-13-7-6-10-23(30)18-35-19-26(31)29-14-11-27(32,12-15-29)22-8-4-3-5-9-22/h3-5,8-9,16-17,23,32H,6-7,10-15,18-19H2,1-2H3. The molecule has 0 aromatic heterocycles. The van der Waals surface area contributed by atoms with Crippen LogP contribution in [-0.4, -0.2) is 67.5 Å². The second kappa shape index (κ2) is 11.2. The van der Waals surface area contributed by atoms with E-state index in [9.17, 15) is 18.3 Å². The van der Waals surface area contributed by atoms with Crippen molar-refractivity contribution in [1.82, 2.24) is 9.21 Å². The number of hydrogen-bond donors (Lipinski definition) is 1. The fourth-order valence-corrected chi connectivity index (χ4v) is 7.34. The highest BCUT2D eigenvalue weighted by molar-refractivity contribution is 7.89. The fourth-order valence-electron chi connectivity index (χ4n) is 5.15. The zero-order valence-corrected chi connectivity index (χ0v) is 22.5. The number of aliphatic hydroxyl groups is 1. The Hall–Kier alpha value is -1.97. The summed E-state index contributed by atoms with van der Waals surface area (Å²) in [5.41, 5.74) is 1.29. The molecule has 196 valence electrons. The quantitative estimate of drug-likeness (QED) is 0.579. The average Bonchev–Trinajstić information content (AvgIpc) is 2.87. The van der Waals surface area contributed by atoms with E-state index >= 15 is 0 Å². The number of carbonyl (C=O) groups is 1. The predicted molar refractivity (Wildman–Crippen MR) is 139 cm³/mol. The maximum atomic E-state index is 13.5. The zero-order valence-electron chi connectivity index (χ0n) is 21.0. The molecule has 2 aliphatic rings. The molecule has 1 amide bonds. The van der Waals surface area contributed by atoms with Crippen molar-refractivity contribution in [1.29, 1.82) is 0 Å². The van der Waals surface area contributed by atoms with Crippen LogP contribution in [0.3, 0.4) is 0 Å². The molecule has 2 saturated heterocycles. The minimum Gasteiger partial charge on any atom is -0.385 e. The normalized spacial score (nSPS) is 20.9. The number of aryl methyl sites for hydroxylation is 2. The molecule has 2 aromatic carbocycles. The van der Waals surface area contributed by atoms with E-state index in [4.69, 9.17) is 16.3 Å². The number of hydrogen-bond acceptors (Lipinski definition) is 5. The first-order valence-electron chi connectivity index (χ1n) is 12.5. The van der Waals surface area contributed by atoms with Crippen molar-refractivity contribution in [2.75, 3.05) is 32.8 Å². The summed E-state index contributed by atoms with van der Waals surface area (Å²) in [5.74, 6) is -0.139. The summed E-state index contributed by atoms with van der Waals surface area (Å²) in [6, 6.07) is 12.6.